The number of fused-ring (bicyclic) bond motifs is 1. The quantitative estimate of drug-likeness (QED) is 0.256. The number of aliphatic hydroxyl groups is 1. The van der Waals surface area contributed by atoms with Crippen molar-refractivity contribution in [2.45, 2.75) is 25.9 Å². The molecule has 0 spiro atoms. The van der Waals surface area contributed by atoms with Crippen molar-refractivity contribution in [3.05, 3.63) is 60.3 Å². The van der Waals surface area contributed by atoms with Crippen LogP contribution in [-0.2, 0) is 4.74 Å². The molecule has 37 heavy (non-hydrogen) atoms. The Morgan fingerprint density at radius 2 is 1.92 bits per heavy atom. The van der Waals surface area contributed by atoms with Gasteiger partial charge >= 0.3 is 5.97 Å². The molecule has 1 fully saturated rings. The number of aromatic nitrogens is 3. The number of nitrogens with zero attached hydrogens (tertiary/aromatic N) is 3. The van der Waals surface area contributed by atoms with E-state index in [4.69, 9.17) is 14.5 Å². The van der Waals surface area contributed by atoms with Crippen molar-refractivity contribution in [1.29, 1.82) is 0 Å². The Balaban J connectivity index is 1.45. The molecule has 2 aromatic carbocycles. The fourth-order valence-electron chi connectivity index (χ4n) is 4.43. The third-order valence-electron chi connectivity index (χ3n) is 6.33. The number of carbonyl (C=O) groups excluding carboxylic acids is 1. The minimum Gasteiger partial charge on any atom is -0.492 e. The first kappa shape index (κ1) is 24.4. The number of carbonyl (C=O) groups is 1. The molecule has 1 aliphatic heterocycles. The number of hydrogen-bond donors (Lipinski definition) is 4. The van der Waals surface area contributed by atoms with Crippen LogP contribution in [0.25, 0.3) is 11.0 Å². The number of nitrogens with one attached hydrogen (secondary N) is 3. The van der Waals surface area contributed by atoms with Gasteiger partial charge in [0.2, 0.25) is 5.95 Å². The minimum atomic E-state index is -0.442. The smallest absolute Gasteiger partial charge is 0.339 e. The van der Waals surface area contributed by atoms with Crippen molar-refractivity contribution in [1.82, 2.24) is 15.0 Å². The van der Waals surface area contributed by atoms with Crippen LogP contribution in [0, 0.1) is 0 Å². The van der Waals surface area contributed by atoms with Gasteiger partial charge in [-0.3, -0.25) is 0 Å². The van der Waals surface area contributed by atoms with Crippen LogP contribution < -0.4 is 20.3 Å². The SMILES string of the molecule is CCOc1cc(N2CCC(O)CC2)ccc1Nc1nc(Nc2ccccc2C(=O)OC)c2[nH]ccc2n1. The van der Waals surface area contributed by atoms with E-state index in [2.05, 4.69) is 25.5 Å². The van der Waals surface area contributed by atoms with Crippen LogP contribution in [0.15, 0.2) is 54.7 Å². The molecule has 0 radical (unpaired) electrons. The monoisotopic (exact) mass is 502 g/mol. The molecule has 10 nitrogen and oxygen atoms in total. The summed E-state index contributed by atoms with van der Waals surface area (Å²) in [5.41, 5.74) is 4.16. The molecule has 0 saturated carbocycles. The van der Waals surface area contributed by atoms with Gasteiger partial charge in [-0.05, 0) is 50.1 Å². The third kappa shape index (κ3) is 5.29. The number of aromatic amines is 1. The van der Waals surface area contributed by atoms with Crippen LogP contribution in [0.1, 0.15) is 30.1 Å². The maximum Gasteiger partial charge on any atom is 0.339 e. The zero-order chi connectivity index (χ0) is 25.8. The standard InChI is InChI=1S/C27H30N6O4/c1-3-37-23-16-17(33-14-11-18(34)12-15-33)8-9-21(23)30-27-31-22-10-13-28-24(22)25(32-27)29-20-7-5-4-6-19(20)26(35)36-2/h4-10,13,16,18,28,34H,3,11-12,14-15H2,1-2H3,(H2,29,30,31,32). The molecule has 1 saturated heterocycles. The van der Waals surface area contributed by atoms with E-state index in [1.807, 2.05) is 37.3 Å². The number of esters is 1. The van der Waals surface area contributed by atoms with E-state index in [0.29, 0.717) is 46.4 Å². The van der Waals surface area contributed by atoms with E-state index in [1.165, 1.54) is 7.11 Å². The number of H-pyrrole nitrogens is 1. The van der Waals surface area contributed by atoms with Gasteiger partial charge < -0.3 is 35.1 Å². The number of aliphatic hydroxyl groups excluding tert-OH is 1. The Hall–Kier alpha value is -4.31. The van der Waals surface area contributed by atoms with E-state index in [9.17, 15) is 9.90 Å². The van der Waals surface area contributed by atoms with Crippen LogP contribution in [0.3, 0.4) is 0 Å². The molecule has 0 atom stereocenters. The highest BCUT2D eigenvalue weighted by molar-refractivity contribution is 5.98. The number of para-hydroxylation sites is 1. The van der Waals surface area contributed by atoms with Gasteiger partial charge in [-0.2, -0.15) is 4.98 Å². The van der Waals surface area contributed by atoms with Crippen LogP contribution >= 0.6 is 0 Å². The predicted octanol–water partition coefficient (Wildman–Crippen LogP) is 4.59. The molecule has 2 aromatic heterocycles. The lowest BCUT2D eigenvalue weighted by atomic mass is 10.1. The Morgan fingerprint density at radius 3 is 2.70 bits per heavy atom. The minimum absolute atomic E-state index is 0.230. The van der Waals surface area contributed by atoms with Crippen molar-refractivity contribution in [2.75, 3.05) is 42.3 Å². The molecule has 5 rings (SSSR count). The average molecular weight is 503 g/mol. The molecule has 4 N–H and O–H groups in total. The fraction of sp³-hybridized carbons (Fsp3) is 0.296. The second-order valence-electron chi connectivity index (χ2n) is 8.75. The number of anilines is 5. The molecule has 192 valence electrons. The van der Waals surface area contributed by atoms with Gasteiger partial charge in [0.25, 0.3) is 0 Å². The first-order chi connectivity index (χ1) is 18.1. The lowest BCUT2D eigenvalue weighted by Gasteiger charge is -2.32. The summed E-state index contributed by atoms with van der Waals surface area (Å²) in [4.78, 5) is 27.0. The van der Waals surface area contributed by atoms with Crippen molar-refractivity contribution in [3.63, 3.8) is 0 Å². The number of methoxy groups -OCH3 is 1. The van der Waals surface area contributed by atoms with E-state index in [-0.39, 0.29) is 6.10 Å². The summed E-state index contributed by atoms with van der Waals surface area (Å²) in [5, 5.41) is 16.4. The Kier molecular flexibility index (Phi) is 7.09. The molecular weight excluding hydrogens is 472 g/mol. The van der Waals surface area contributed by atoms with Gasteiger partial charge in [0.15, 0.2) is 5.82 Å². The number of rotatable bonds is 8. The summed E-state index contributed by atoms with van der Waals surface area (Å²) in [6.07, 6.45) is 3.06. The number of ether oxygens (including phenoxy) is 2. The number of piperidine rings is 1. The molecule has 1 aliphatic rings. The second-order valence-corrected chi connectivity index (χ2v) is 8.75. The van der Waals surface area contributed by atoms with Gasteiger partial charge in [-0.1, -0.05) is 12.1 Å². The highest BCUT2D eigenvalue weighted by Gasteiger charge is 2.19. The average Bonchev–Trinajstić information content (AvgIpc) is 3.39. The van der Waals surface area contributed by atoms with Crippen molar-refractivity contribution in [3.8, 4) is 5.75 Å². The van der Waals surface area contributed by atoms with Crippen LogP contribution in [0.2, 0.25) is 0 Å². The number of hydrogen-bond acceptors (Lipinski definition) is 9. The van der Waals surface area contributed by atoms with Crippen molar-refractivity contribution < 1.29 is 19.4 Å². The highest BCUT2D eigenvalue weighted by Crippen LogP contribution is 2.34. The summed E-state index contributed by atoms with van der Waals surface area (Å²) in [6, 6.07) is 14.9. The van der Waals surface area contributed by atoms with E-state index < -0.39 is 5.97 Å². The van der Waals surface area contributed by atoms with Crippen molar-refractivity contribution in [2.24, 2.45) is 0 Å². The fourth-order valence-corrected chi connectivity index (χ4v) is 4.43. The Bertz CT molecular complexity index is 1400. The molecule has 4 aromatic rings. The van der Waals surface area contributed by atoms with Gasteiger partial charge in [-0.15, -0.1) is 0 Å². The van der Waals surface area contributed by atoms with Crippen molar-refractivity contribution >= 4 is 45.8 Å². The third-order valence-corrected chi connectivity index (χ3v) is 6.33. The largest absolute Gasteiger partial charge is 0.492 e. The summed E-state index contributed by atoms with van der Waals surface area (Å²) in [7, 11) is 1.35. The molecule has 0 aliphatic carbocycles. The maximum absolute atomic E-state index is 12.3. The maximum atomic E-state index is 12.3. The van der Waals surface area contributed by atoms with Gasteiger partial charge in [0.1, 0.15) is 11.3 Å². The zero-order valence-electron chi connectivity index (χ0n) is 20.8. The van der Waals surface area contributed by atoms with Gasteiger partial charge in [0, 0.05) is 31.0 Å². The van der Waals surface area contributed by atoms with Gasteiger partial charge in [-0.25, -0.2) is 9.78 Å². The number of benzene rings is 2. The van der Waals surface area contributed by atoms with Gasteiger partial charge in [0.05, 0.1) is 42.3 Å². The van der Waals surface area contributed by atoms with E-state index in [0.717, 1.165) is 37.3 Å². The van der Waals surface area contributed by atoms with Crippen LogP contribution in [0.4, 0.5) is 28.8 Å². The first-order valence-electron chi connectivity index (χ1n) is 12.3. The van der Waals surface area contributed by atoms with Crippen LogP contribution in [0.5, 0.6) is 5.75 Å². The highest BCUT2D eigenvalue weighted by atomic mass is 16.5. The van der Waals surface area contributed by atoms with E-state index in [1.54, 1.807) is 24.4 Å². The predicted molar refractivity (Wildman–Crippen MR) is 143 cm³/mol. The van der Waals surface area contributed by atoms with Crippen LogP contribution in [-0.4, -0.2) is 58.9 Å². The second kappa shape index (κ2) is 10.8. The first-order valence-corrected chi connectivity index (χ1v) is 12.3. The normalized spacial score (nSPS) is 14.0. The molecular formula is C27H30N6O4. The molecule has 0 bridgehead atoms. The molecule has 0 amide bonds. The summed E-state index contributed by atoms with van der Waals surface area (Å²) < 4.78 is 10.9. The molecule has 3 heterocycles. The summed E-state index contributed by atoms with van der Waals surface area (Å²) in [5.74, 6) is 1.13. The Labute approximate surface area is 214 Å². The molecule has 10 heteroatoms. The Morgan fingerprint density at radius 1 is 1.11 bits per heavy atom. The lowest BCUT2D eigenvalue weighted by molar-refractivity contribution is 0.0602. The van der Waals surface area contributed by atoms with E-state index >= 15 is 0 Å². The lowest BCUT2D eigenvalue weighted by Crippen LogP contribution is -2.35. The topological polar surface area (TPSA) is 125 Å². The molecule has 0 unspecified atom stereocenters. The summed E-state index contributed by atoms with van der Waals surface area (Å²) >= 11 is 0. The summed E-state index contributed by atoms with van der Waals surface area (Å²) in [6.45, 7) is 4.05. The zero-order valence-corrected chi connectivity index (χ0v) is 20.8.